The lowest BCUT2D eigenvalue weighted by Gasteiger charge is -2.12. The standard InChI is InChI=1S/C21H17ClFN5O2/c1-24-19-14-9-13(10-25-20(14)28-27-19)26-21(29)17-15(22)7-8-16(18(17)23)30-11-12-5-3-2-4-6-12/h2-10H,11H2,1H3,(H,26,29)(H2,24,25,27,28). The van der Waals surface area contributed by atoms with Crippen LogP contribution in [-0.2, 0) is 6.61 Å². The van der Waals surface area contributed by atoms with Gasteiger partial charge in [-0.15, -0.1) is 0 Å². The second-order valence-electron chi connectivity index (χ2n) is 6.41. The number of fused-ring (bicyclic) bond motifs is 1. The summed E-state index contributed by atoms with van der Waals surface area (Å²) in [6.07, 6.45) is 1.44. The topological polar surface area (TPSA) is 91.9 Å². The van der Waals surface area contributed by atoms with E-state index in [1.807, 2.05) is 30.3 Å². The Morgan fingerprint density at radius 1 is 1.23 bits per heavy atom. The summed E-state index contributed by atoms with van der Waals surface area (Å²) in [6.45, 7) is 0.161. The first kappa shape index (κ1) is 19.7. The van der Waals surface area contributed by atoms with Gasteiger partial charge in [0.15, 0.2) is 23.0 Å². The molecule has 7 nitrogen and oxygen atoms in total. The lowest BCUT2D eigenvalue weighted by Crippen LogP contribution is -2.15. The van der Waals surface area contributed by atoms with Crippen molar-refractivity contribution in [3.05, 3.63) is 76.7 Å². The van der Waals surface area contributed by atoms with Gasteiger partial charge in [-0.2, -0.15) is 5.10 Å². The number of hydrogen-bond acceptors (Lipinski definition) is 5. The molecule has 9 heteroatoms. The number of pyridine rings is 1. The zero-order chi connectivity index (χ0) is 21.1. The highest BCUT2D eigenvalue weighted by Crippen LogP contribution is 2.29. The maximum Gasteiger partial charge on any atom is 0.260 e. The highest BCUT2D eigenvalue weighted by Gasteiger charge is 2.21. The van der Waals surface area contributed by atoms with E-state index in [9.17, 15) is 4.79 Å². The van der Waals surface area contributed by atoms with Crippen LogP contribution in [0.3, 0.4) is 0 Å². The highest BCUT2D eigenvalue weighted by atomic mass is 35.5. The summed E-state index contributed by atoms with van der Waals surface area (Å²) in [5.41, 5.74) is 1.50. The van der Waals surface area contributed by atoms with Gasteiger partial charge in [-0.05, 0) is 23.8 Å². The molecule has 152 valence electrons. The van der Waals surface area contributed by atoms with Crippen molar-refractivity contribution in [2.45, 2.75) is 6.61 Å². The molecule has 0 radical (unpaired) electrons. The Kier molecular flexibility index (Phi) is 5.49. The molecule has 0 aliphatic carbocycles. The van der Waals surface area contributed by atoms with Crippen LogP contribution in [0.25, 0.3) is 11.0 Å². The van der Waals surface area contributed by atoms with E-state index in [1.54, 1.807) is 13.1 Å². The molecule has 0 saturated carbocycles. The van der Waals surface area contributed by atoms with Gasteiger partial charge in [-0.1, -0.05) is 41.9 Å². The van der Waals surface area contributed by atoms with E-state index in [0.29, 0.717) is 22.5 Å². The number of aromatic nitrogens is 3. The Morgan fingerprint density at radius 2 is 2.03 bits per heavy atom. The van der Waals surface area contributed by atoms with Crippen LogP contribution in [0.2, 0.25) is 5.02 Å². The van der Waals surface area contributed by atoms with Crippen molar-refractivity contribution in [3.8, 4) is 5.75 Å². The molecule has 0 spiro atoms. The van der Waals surface area contributed by atoms with E-state index in [1.165, 1.54) is 18.3 Å². The number of carbonyl (C=O) groups is 1. The monoisotopic (exact) mass is 425 g/mol. The fourth-order valence-electron chi connectivity index (χ4n) is 2.94. The minimum absolute atomic E-state index is 0.0228. The quantitative estimate of drug-likeness (QED) is 0.419. The molecular weight excluding hydrogens is 409 g/mol. The van der Waals surface area contributed by atoms with Crippen molar-refractivity contribution in [3.63, 3.8) is 0 Å². The van der Waals surface area contributed by atoms with Gasteiger partial charge in [0, 0.05) is 7.05 Å². The number of benzene rings is 2. The second kappa shape index (κ2) is 8.38. The smallest absolute Gasteiger partial charge is 0.260 e. The van der Waals surface area contributed by atoms with E-state index in [4.69, 9.17) is 16.3 Å². The maximum absolute atomic E-state index is 15.0. The van der Waals surface area contributed by atoms with Gasteiger partial charge in [0.1, 0.15) is 6.61 Å². The molecule has 0 unspecified atom stereocenters. The zero-order valence-corrected chi connectivity index (χ0v) is 16.6. The number of amides is 1. The summed E-state index contributed by atoms with van der Waals surface area (Å²) in [7, 11) is 1.72. The van der Waals surface area contributed by atoms with Crippen molar-refractivity contribution < 1.29 is 13.9 Å². The van der Waals surface area contributed by atoms with E-state index >= 15 is 4.39 Å². The first-order chi connectivity index (χ1) is 14.6. The molecule has 0 fully saturated rings. The van der Waals surface area contributed by atoms with Gasteiger partial charge in [-0.3, -0.25) is 9.89 Å². The van der Waals surface area contributed by atoms with Gasteiger partial charge in [-0.25, -0.2) is 9.37 Å². The summed E-state index contributed by atoms with van der Waals surface area (Å²) in [5.74, 6) is -1.02. The van der Waals surface area contributed by atoms with Crippen molar-refractivity contribution in [2.24, 2.45) is 0 Å². The molecule has 4 aromatic rings. The normalized spacial score (nSPS) is 10.8. The van der Waals surface area contributed by atoms with Gasteiger partial charge in [0.05, 0.1) is 27.9 Å². The minimum Gasteiger partial charge on any atom is -0.486 e. The number of carbonyl (C=O) groups excluding carboxylic acids is 1. The first-order valence-electron chi connectivity index (χ1n) is 9.04. The molecule has 0 bridgehead atoms. The lowest BCUT2D eigenvalue weighted by molar-refractivity contribution is 0.102. The van der Waals surface area contributed by atoms with Crippen LogP contribution in [0.4, 0.5) is 15.9 Å². The summed E-state index contributed by atoms with van der Waals surface area (Å²) in [5, 5.41) is 13.0. The number of hydrogen-bond donors (Lipinski definition) is 3. The second-order valence-corrected chi connectivity index (χ2v) is 6.81. The SMILES string of the molecule is CNc1n[nH]c2ncc(NC(=O)c3c(Cl)ccc(OCc4ccccc4)c3F)cc12. The minimum atomic E-state index is -0.829. The first-order valence-corrected chi connectivity index (χ1v) is 9.42. The Morgan fingerprint density at radius 3 is 2.80 bits per heavy atom. The number of nitrogens with one attached hydrogen (secondary N) is 3. The van der Waals surface area contributed by atoms with Crippen LogP contribution in [0, 0.1) is 5.82 Å². The highest BCUT2D eigenvalue weighted by molar-refractivity contribution is 6.34. The van der Waals surface area contributed by atoms with Crippen LogP contribution in [-0.4, -0.2) is 28.1 Å². The van der Waals surface area contributed by atoms with Crippen LogP contribution in [0.1, 0.15) is 15.9 Å². The average Bonchev–Trinajstić information content (AvgIpc) is 3.16. The Hall–Kier alpha value is -3.65. The molecule has 4 rings (SSSR count). The summed E-state index contributed by atoms with van der Waals surface area (Å²) in [4.78, 5) is 17.0. The molecule has 2 aromatic heterocycles. The Bertz CT molecular complexity index is 1210. The number of halogens is 2. The molecule has 0 atom stereocenters. The number of ether oxygens (including phenoxy) is 1. The van der Waals surface area contributed by atoms with Crippen molar-refractivity contribution >= 4 is 40.0 Å². The van der Waals surface area contributed by atoms with E-state index in [2.05, 4.69) is 25.8 Å². The van der Waals surface area contributed by atoms with Gasteiger partial charge < -0.3 is 15.4 Å². The van der Waals surface area contributed by atoms with Crippen molar-refractivity contribution in [2.75, 3.05) is 17.7 Å². The van der Waals surface area contributed by atoms with Crippen LogP contribution in [0.5, 0.6) is 5.75 Å². The van der Waals surface area contributed by atoms with Gasteiger partial charge in [0.25, 0.3) is 5.91 Å². The molecule has 0 aliphatic heterocycles. The third-order valence-electron chi connectivity index (χ3n) is 4.43. The summed E-state index contributed by atoms with van der Waals surface area (Å²) in [6, 6.07) is 13.8. The van der Waals surface area contributed by atoms with Crippen molar-refractivity contribution in [1.82, 2.24) is 15.2 Å². The zero-order valence-electron chi connectivity index (χ0n) is 15.9. The third kappa shape index (κ3) is 3.90. The molecular formula is C21H17ClFN5O2. The molecule has 30 heavy (non-hydrogen) atoms. The summed E-state index contributed by atoms with van der Waals surface area (Å²) < 4.78 is 20.6. The van der Waals surface area contributed by atoms with Crippen LogP contribution in [0.15, 0.2) is 54.7 Å². The molecule has 2 heterocycles. The fourth-order valence-corrected chi connectivity index (χ4v) is 3.18. The Balaban J connectivity index is 1.57. The van der Waals surface area contributed by atoms with E-state index < -0.39 is 11.7 Å². The number of rotatable bonds is 6. The van der Waals surface area contributed by atoms with Crippen LogP contribution >= 0.6 is 11.6 Å². The fraction of sp³-hybridized carbons (Fsp3) is 0.0952. The molecule has 3 N–H and O–H groups in total. The predicted octanol–water partition coefficient (Wildman–Crippen LogP) is 4.62. The predicted molar refractivity (Wildman–Crippen MR) is 114 cm³/mol. The molecule has 0 saturated heterocycles. The lowest BCUT2D eigenvalue weighted by atomic mass is 10.1. The number of H-pyrrole nitrogens is 1. The molecule has 2 aromatic carbocycles. The number of aromatic amines is 1. The van der Waals surface area contributed by atoms with Gasteiger partial charge in [0.2, 0.25) is 0 Å². The average molecular weight is 426 g/mol. The van der Waals surface area contributed by atoms with E-state index in [-0.39, 0.29) is 22.9 Å². The third-order valence-corrected chi connectivity index (χ3v) is 4.75. The van der Waals surface area contributed by atoms with Crippen LogP contribution < -0.4 is 15.4 Å². The van der Waals surface area contributed by atoms with E-state index in [0.717, 1.165) is 5.56 Å². The molecule has 0 aliphatic rings. The maximum atomic E-state index is 15.0. The summed E-state index contributed by atoms with van der Waals surface area (Å²) >= 11 is 6.11. The number of nitrogens with zero attached hydrogens (tertiary/aromatic N) is 2. The molecule has 1 amide bonds. The van der Waals surface area contributed by atoms with Crippen molar-refractivity contribution in [1.29, 1.82) is 0 Å². The Labute approximate surface area is 176 Å². The number of anilines is 2. The largest absolute Gasteiger partial charge is 0.486 e. The van der Waals surface area contributed by atoms with Gasteiger partial charge >= 0.3 is 0 Å².